The van der Waals surface area contributed by atoms with Crippen LogP contribution in [-0.2, 0) is 24.0 Å². The van der Waals surface area contributed by atoms with Crippen molar-refractivity contribution in [3.63, 3.8) is 0 Å². The molecule has 0 aromatic rings. The molecule has 0 bridgehead atoms. The van der Waals surface area contributed by atoms with Crippen LogP contribution in [0.2, 0.25) is 0 Å². The molecule has 0 rings (SSSR count). The van der Waals surface area contributed by atoms with Crippen molar-refractivity contribution in [2.24, 2.45) is 0 Å². The van der Waals surface area contributed by atoms with Crippen molar-refractivity contribution >= 4 is 17.8 Å². The highest BCUT2D eigenvalue weighted by molar-refractivity contribution is 5.77. The van der Waals surface area contributed by atoms with Gasteiger partial charge in [-0.1, -0.05) is 0 Å². The molecule has 19 heavy (non-hydrogen) atoms. The summed E-state index contributed by atoms with van der Waals surface area (Å²) in [7, 11) is 0. The number of nitrogens with one attached hydrogen (secondary N) is 1. The predicted molar refractivity (Wildman–Crippen MR) is 65.6 cm³/mol. The van der Waals surface area contributed by atoms with Gasteiger partial charge in [0.25, 0.3) is 5.91 Å². The van der Waals surface area contributed by atoms with Crippen LogP contribution < -0.4 is 5.48 Å². The molecule has 0 unspecified atom stereocenters. The lowest BCUT2D eigenvalue weighted by molar-refractivity contribution is -0.157. The minimum atomic E-state index is -0.997. The fourth-order valence-electron chi connectivity index (χ4n) is 1.16. The normalized spacial score (nSPS) is 12.5. The number of amides is 1. The van der Waals surface area contributed by atoms with Crippen LogP contribution in [0.1, 0.15) is 47.0 Å². The summed E-state index contributed by atoms with van der Waals surface area (Å²) in [6.07, 6.45) is -1.14. The number of ether oxygens (including phenoxy) is 1. The van der Waals surface area contributed by atoms with Crippen molar-refractivity contribution in [1.29, 1.82) is 0 Å². The first-order chi connectivity index (χ1) is 8.60. The average Bonchev–Trinajstić information content (AvgIpc) is 2.21. The van der Waals surface area contributed by atoms with Gasteiger partial charge >= 0.3 is 11.9 Å². The first kappa shape index (κ1) is 17.4. The first-order valence-electron chi connectivity index (χ1n) is 5.96. The summed E-state index contributed by atoms with van der Waals surface area (Å²) in [5.74, 6) is -1.73. The molecule has 0 aliphatic carbocycles. The lowest BCUT2D eigenvalue weighted by atomic mass is 10.1. The lowest BCUT2D eigenvalue weighted by Gasteiger charge is -2.19. The van der Waals surface area contributed by atoms with E-state index in [1.54, 1.807) is 20.8 Å². The predicted octanol–water partition coefficient (Wildman–Crippen LogP) is 0.454. The number of aliphatic hydroxyl groups excluding tert-OH is 1. The minimum Gasteiger partial charge on any atom is -0.460 e. The van der Waals surface area contributed by atoms with Gasteiger partial charge in [0.05, 0.1) is 12.5 Å². The van der Waals surface area contributed by atoms with Crippen LogP contribution in [0.15, 0.2) is 0 Å². The zero-order chi connectivity index (χ0) is 15.1. The summed E-state index contributed by atoms with van der Waals surface area (Å²) < 4.78 is 5.05. The molecule has 0 aliphatic heterocycles. The van der Waals surface area contributed by atoms with E-state index in [1.165, 1.54) is 0 Å². The average molecular weight is 275 g/mol. The molecule has 110 valence electrons. The minimum absolute atomic E-state index is 0.0132. The number of carbonyl (C=O) groups is 3. The summed E-state index contributed by atoms with van der Waals surface area (Å²) in [6, 6.07) is 0. The van der Waals surface area contributed by atoms with Crippen LogP contribution in [0.3, 0.4) is 0 Å². The zero-order valence-corrected chi connectivity index (χ0v) is 11.7. The van der Waals surface area contributed by atoms with E-state index in [-0.39, 0.29) is 19.3 Å². The molecule has 0 saturated carbocycles. The summed E-state index contributed by atoms with van der Waals surface area (Å²) >= 11 is 0. The molecule has 0 saturated heterocycles. The highest BCUT2D eigenvalue weighted by Crippen LogP contribution is 2.10. The molecule has 0 aliphatic rings. The molecule has 0 fully saturated rings. The van der Waals surface area contributed by atoms with Gasteiger partial charge < -0.3 is 14.7 Å². The van der Waals surface area contributed by atoms with Crippen LogP contribution in [-0.4, -0.2) is 34.7 Å². The van der Waals surface area contributed by atoms with Gasteiger partial charge in [-0.05, 0) is 27.2 Å². The third-order valence-corrected chi connectivity index (χ3v) is 1.83. The number of rotatable bonds is 5. The molecular formula is C12H21NO6. The molecule has 7 nitrogen and oxygen atoms in total. The van der Waals surface area contributed by atoms with Crippen molar-refractivity contribution in [2.45, 2.75) is 58.7 Å². The van der Waals surface area contributed by atoms with E-state index in [1.807, 2.05) is 5.48 Å². The van der Waals surface area contributed by atoms with Crippen molar-refractivity contribution in [3.05, 3.63) is 0 Å². The SMILES string of the molecule is CC(=O)ONC(=O)C[C@@H](O)CCC(=O)OC(C)(C)C. The number of hydrogen-bond acceptors (Lipinski definition) is 6. The fourth-order valence-corrected chi connectivity index (χ4v) is 1.16. The number of esters is 1. The topological polar surface area (TPSA) is 102 Å². The third-order valence-electron chi connectivity index (χ3n) is 1.83. The zero-order valence-electron chi connectivity index (χ0n) is 11.7. The number of hydroxylamine groups is 1. The Morgan fingerprint density at radius 2 is 1.84 bits per heavy atom. The van der Waals surface area contributed by atoms with Crippen LogP contribution in [0.4, 0.5) is 0 Å². The van der Waals surface area contributed by atoms with Gasteiger partial charge in [0.2, 0.25) is 0 Å². The van der Waals surface area contributed by atoms with Crippen LogP contribution >= 0.6 is 0 Å². The Balaban J connectivity index is 3.86. The molecule has 0 heterocycles. The Bertz CT molecular complexity index is 334. The lowest BCUT2D eigenvalue weighted by Crippen LogP contribution is -2.30. The molecule has 1 amide bonds. The van der Waals surface area contributed by atoms with Gasteiger partial charge in [-0.15, -0.1) is 0 Å². The summed E-state index contributed by atoms with van der Waals surface area (Å²) in [5, 5.41) is 9.52. The maximum Gasteiger partial charge on any atom is 0.329 e. The highest BCUT2D eigenvalue weighted by atomic mass is 16.7. The van der Waals surface area contributed by atoms with E-state index in [2.05, 4.69) is 4.84 Å². The first-order valence-corrected chi connectivity index (χ1v) is 5.96. The van der Waals surface area contributed by atoms with Crippen molar-refractivity contribution in [1.82, 2.24) is 5.48 Å². The second-order valence-electron chi connectivity index (χ2n) is 5.10. The standard InChI is InChI=1S/C12H21NO6/c1-8(14)19-13-10(16)7-9(15)5-6-11(17)18-12(2,3)4/h9,15H,5-7H2,1-4H3,(H,13,16)/t9-/m0/s1. The fraction of sp³-hybridized carbons (Fsp3) is 0.750. The van der Waals surface area contributed by atoms with E-state index in [9.17, 15) is 19.5 Å². The van der Waals surface area contributed by atoms with Gasteiger partial charge in [0.1, 0.15) is 5.60 Å². The van der Waals surface area contributed by atoms with Crippen molar-refractivity contribution in [3.8, 4) is 0 Å². The molecule has 1 atom stereocenters. The van der Waals surface area contributed by atoms with Crippen LogP contribution in [0.5, 0.6) is 0 Å². The van der Waals surface area contributed by atoms with Crippen molar-refractivity contribution in [2.75, 3.05) is 0 Å². The van der Waals surface area contributed by atoms with Gasteiger partial charge in [0.15, 0.2) is 0 Å². The highest BCUT2D eigenvalue weighted by Gasteiger charge is 2.18. The molecule has 0 aromatic heterocycles. The molecule has 2 N–H and O–H groups in total. The maximum atomic E-state index is 11.4. The van der Waals surface area contributed by atoms with Crippen molar-refractivity contribution < 1.29 is 29.1 Å². The Kier molecular flexibility index (Phi) is 7.06. The Morgan fingerprint density at radius 1 is 1.26 bits per heavy atom. The van der Waals surface area contributed by atoms with Gasteiger partial charge in [-0.2, -0.15) is 5.48 Å². The smallest absolute Gasteiger partial charge is 0.329 e. The molecule has 7 heteroatoms. The largest absolute Gasteiger partial charge is 0.460 e. The molecule has 0 radical (unpaired) electrons. The third kappa shape index (κ3) is 11.2. The van der Waals surface area contributed by atoms with E-state index >= 15 is 0 Å². The van der Waals surface area contributed by atoms with E-state index in [4.69, 9.17) is 4.74 Å². The molecule has 0 spiro atoms. The summed E-state index contributed by atoms with van der Waals surface area (Å²) in [4.78, 5) is 37.2. The van der Waals surface area contributed by atoms with E-state index in [0.29, 0.717) is 0 Å². The maximum absolute atomic E-state index is 11.4. The number of carbonyl (C=O) groups excluding carboxylic acids is 3. The Morgan fingerprint density at radius 3 is 2.32 bits per heavy atom. The Hall–Kier alpha value is -1.63. The molecular weight excluding hydrogens is 254 g/mol. The van der Waals surface area contributed by atoms with Crippen LogP contribution in [0.25, 0.3) is 0 Å². The second kappa shape index (κ2) is 7.73. The van der Waals surface area contributed by atoms with E-state index in [0.717, 1.165) is 6.92 Å². The quantitative estimate of drug-likeness (QED) is 0.558. The van der Waals surface area contributed by atoms with Gasteiger partial charge in [0, 0.05) is 13.3 Å². The Labute approximate surface area is 112 Å². The summed E-state index contributed by atoms with van der Waals surface area (Å²) in [5.41, 5.74) is 1.30. The monoisotopic (exact) mass is 275 g/mol. The number of hydrogen-bond donors (Lipinski definition) is 2. The summed E-state index contributed by atoms with van der Waals surface area (Å²) in [6.45, 7) is 6.37. The molecule has 0 aromatic carbocycles. The van der Waals surface area contributed by atoms with Crippen LogP contribution in [0, 0.1) is 0 Å². The van der Waals surface area contributed by atoms with Gasteiger partial charge in [-0.3, -0.25) is 14.4 Å². The number of aliphatic hydroxyl groups is 1. The van der Waals surface area contributed by atoms with E-state index < -0.39 is 29.6 Å². The van der Waals surface area contributed by atoms with Gasteiger partial charge in [-0.25, -0.2) is 0 Å². The second-order valence-corrected chi connectivity index (χ2v) is 5.10.